The molecule has 2 aromatic rings. The van der Waals surface area contributed by atoms with Gasteiger partial charge >= 0.3 is 0 Å². The number of ether oxygens (including phenoxy) is 1. The van der Waals surface area contributed by atoms with Gasteiger partial charge in [-0.2, -0.15) is 5.26 Å². The van der Waals surface area contributed by atoms with E-state index in [2.05, 4.69) is 0 Å². The van der Waals surface area contributed by atoms with Gasteiger partial charge in [-0.1, -0.05) is 19.9 Å². The predicted octanol–water partition coefficient (Wildman–Crippen LogP) is 4.19. The van der Waals surface area contributed by atoms with E-state index in [9.17, 15) is 9.18 Å². The highest BCUT2D eigenvalue weighted by molar-refractivity contribution is 6.33. The molecule has 3 nitrogen and oxygen atoms in total. The lowest BCUT2D eigenvalue weighted by molar-refractivity contribution is 0.105. The van der Waals surface area contributed by atoms with Crippen LogP contribution in [0, 0.1) is 17.1 Å². The van der Waals surface area contributed by atoms with E-state index in [-0.39, 0.29) is 11.3 Å². The third kappa shape index (κ3) is 1.93. The maximum absolute atomic E-state index is 14.7. The molecule has 4 rings (SSSR count). The Morgan fingerprint density at radius 1 is 1.20 bits per heavy atom. The van der Waals surface area contributed by atoms with Crippen molar-refractivity contribution in [2.24, 2.45) is 0 Å². The summed E-state index contributed by atoms with van der Waals surface area (Å²) in [6.07, 6.45) is 0.349. The number of rotatable bonds is 1. The topological polar surface area (TPSA) is 50.1 Å². The largest absolute Gasteiger partial charge is 0.497 e. The molecule has 2 aliphatic carbocycles. The zero-order valence-electron chi connectivity index (χ0n) is 14.2. The lowest BCUT2D eigenvalue weighted by Crippen LogP contribution is -2.29. The number of fused-ring (bicyclic) bond motifs is 3. The molecule has 0 heterocycles. The smallest absolute Gasteiger partial charge is 0.193 e. The molecule has 0 radical (unpaired) electrons. The molecule has 0 fully saturated rings. The minimum atomic E-state index is -0.514. The second-order valence-corrected chi connectivity index (χ2v) is 6.96. The molecule has 0 saturated carbocycles. The molecule has 2 aliphatic rings. The minimum Gasteiger partial charge on any atom is -0.497 e. The summed E-state index contributed by atoms with van der Waals surface area (Å²) >= 11 is 0. The summed E-state index contributed by atoms with van der Waals surface area (Å²) in [6, 6.07) is 10.5. The van der Waals surface area contributed by atoms with Crippen LogP contribution in [-0.4, -0.2) is 12.9 Å². The second kappa shape index (κ2) is 5.03. The highest BCUT2D eigenvalue weighted by Gasteiger charge is 2.43. The Hall–Kier alpha value is -2.93. The third-order valence-corrected chi connectivity index (χ3v) is 5.41. The third-order valence-electron chi connectivity index (χ3n) is 5.41. The van der Waals surface area contributed by atoms with Gasteiger partial charge in [-0.15, -0.1) is 0 Å². The van der Waals surface area contributed by atoms with Crippen LogP contribution in [0.15, 0.2) is 35.9 Å². The Labute approximate surface area is 145 Å². The Kier molecular flexibility index (Phi) is 3.14. The number of nitriles is 1. The highest BCUT2D eigenvalue weighted by Crippen LogP contribution is 2.50. The fourth-order valence-electron chi connectivity index (χ4n) is 4.00. The number of nitrogens with zero attached hydrogens (tertiary/aromatic N) is 1. The number of hydrogen-bond donors (Lipinski definition) is 0. The molecule has 4 heteroatoms. The number of Topliss-reactive ketones (excluding diaryl/α,β-unsaturated/α-hetero) is 1. The molecule has 0 atom stereocenters. The quantitative estimate of drug-likeness (QED) is 0.786. The van der Waals surface area contributed by atoms with Crippen LogP contribution in [0.25, 0.3) is 5.57 Å². The van der Waals surface area contributed by atoms with E-state index in [0.29, 0.717) is 34.4 Å². The SMILES string of the molecule is COc1ccc2c(c1)C(C)(C)C1=C(C2=O)c2ccc(C#N)c(F)c2C1. The summed E-state index contributed by atoms with van der Waals surface area (Å²) in [4.78, 5) is 13.1. The lowest BCUT2D eigenvalue weighted by atomic mass is 9.68. The van der Waals surface area contributed by atoms with Crippen molar-refractivity contribution in [2.75, 3.05) is 7.11 Å². The Morgan fingerprint density at radius 2 is 1.92 bits per heavy atom. The molecule has 25 heavy (non-hydrogen) atoms. The molecule has 0 aliphatic heterocycles. The molecule has 0 aromatic heterocycles. The number of ketones is 1. The summed E-state index contributed by atoms with van der Waals surface area (Å²) in [5.74, 6) is 0.0894. The molecule has 2 aromatic carbocycles. The molecule has 124 valence electrons. The predicted molar refractivity (Wildman–Crippen MR) is 92.1 cm³/mol. The normalized spacial score (nSPS) is 16.8. The van der Waals surface area contributed by atoms with Crippen molar-refractivity contribution in [3.63, 3.8) is 0 Å². The average Bonchev–Trinajstić information content (AvgIpc) is 3.01. The van der Waals surface area contributed by atoms with Crippen LogP contribution < -0.4 is 4.74 Å². The number of methoxy groups -OCH3 is 1. The van der Waals surface area contributed by atoms with Gasteiger partial charge in [-0.05, 0) is 47.4 Å². The number of halogens is 1. The Balaban J connectivity index is 1.97. The molecule has 0 N–H and O–H groups in total. The van der Waals surface area contributed by atoms with Crippen LogP contribution in [0.5, 0.6) is 5.75 Å². The first kappa shape index (κ1) is 15.6. The van der Waals surface area contributed by atoms with Crippen molar-refractivity contribution in [1.29, 1.82) is 5.26 Å². The van der Waals surface area contributed by atoms with Gasteiger partial charge in [0.1, 0.15) is 17.6 Å². The summed E-state index contributed by atoms with van der Waals surface area (Å²) in [7, 11) is 1.59. The van der Waals surface area contributed by atoms with Gasteiger partial charge < -0.3 is 4.74 Å². The van der Waals surface area contributed by atoms with E-state index in [0.717, 1.165) is 11.1 Å². The van der Waals surface area contributed by atoms with E-state index < -0.39 is 11.2 Å². The molecule has 0 saturated heterocycles. The molecule has 0 bridgehead atoms. The van der Waals surface area contributed by atoms with Crippen LogP contribution in [-0.2, 0) is 11.8 Å². The minimum absolute atomic E-state index is 0.0167. The lowest BCUT2D eigenvalue weighted by Gasteiger charge is -2.34. The van der Waals surface area contributed by atoms with Crippen LogP contribution in [0.3, 0.4) is 0 Å². The fraction of sp³-hybridized carbons (Fsp3) is 0.238. The van der Waals surface area contributed by atoms with Gasteiger partial charge in [-0.3, -0.25) is 4.79 Å². The number of benzene rings is 2. The van der Waals surface area contributed by atoms with Crippen molar-refractivity contribution in [2.45, 2.75) is 25.7 Å². The van der Waals surface area contributed by atoms with E-state index in [1.807, 2.05) is 26.0 Å². The van der Waals surface area contributed by atoms with Crippen LogP contribution in [0.2, 0.25) is 0 Å². The van der Waals surface area contributed by atoms with Gasteiger partial charge in [-0.25, -0.2) is 4.39 Å². The molecular formula is C21H16FNO2. The number of hydrogen-bond acceptors (Lipinski definition) is 3. The Bertz CT molecular complexity index is 1020. The van der Waals surface area contributed by atoms with Gasteiger partial charge in [0.05, 0.1) is 12.7 Å². The van der Waals surface area contributed by atoms with E-state index in [1.165, 1.54) is 6.07 Å². The molecule has 0 spiro atoms. The van der Waals surface area contributed by atoms with Crippen LogP contribution >= 0.6 is 0 Å². The van der Waals surface area contributed by atoms with Crippen LogP contribution in [0.4, 0.5) is 4.39 Å². The average molecular weight is 333 g/mol. The maximum atomic E-state index is 14.7. The highest BCUT2D eigenvalue weighted by atomic mass is 19.1. The first-order valence-corrected chi connectivity index (χ1v) is 8.08. The number of carbonyl (C=O) groups excluding carboxylic acids is 1. The first-order valence-electron chi connectivity index (χ1n) is 8.08. The van der Waals surface area contributed by atoms with E-state index >= 15 is 0 Å². The fourth-order valence-corrected chi connectivity index (χ4v) is 4.00. The van der Waals surface area contributed by atoms with Crippen molar-refractivity contribution in [3.8, 4) is 11.8 Å². The summed E-state index contributed by atoms with van der Waals surface area (Å²) in [5.41, 5.74) is 3.67. The van der Waals surface area contributed by atoms with E-state index in [1.54, 1.807) is 25.3 Å². The summed E-state index contributed by atoms with van der Waals surface area (Å²) in [6.45, 7) is 4.09. The van der Waals surface area contributed by atoms with Gasteiger partial charge in [0.25, 0.3) is 0 Å². The molecular weight excluding hydrogens is 317 g/mol. The number of allylic oxidation sites excluding steroid dienone is 2. The van der Waals surface area contributed by atoms with Crippen molar-refractivity contribution in [3.05, 3.63) is 69.5 Å². The van der Waals surface area contributed by atoms with E-state index in [4.69, 9.17) is 10.00 Å². The Morgan fingerprint density at radius 3 is 2.60 bits per heavy atom. The van der Waals surface area contributed by atoms with Gasteiger partial charge in [0.2, 0.25) is 0 Å². The summed E-state index contributed by atoms with van der Waals surface area (Å²) < 4.78 is 20.0. The van der Waals surface area contributed by atoms with Gasteiger partial charge in [0.15, 0.2) is 5.78 Å². The van der Waals surface area contributed by atoms with Crippen molar-refractivity contribution in [1.82, 2.24) is 0 Å². The standard InChI is InChI=1S/C21H16FNO2/c1-21(2)16-8-12(25-3)5-7-14(16)20(24)18-13-6-4-11(10-23)19(22)15(13)9-17(18)21/h4-8H,9H2,1-3H3. The second-order valence-electron chi connectivity index (χ2n) is 6.96. The van der Waals surface area contributed by atoms with Crippen LogP contribution in [0.1, 0.15) is 46.5 Å². The van der Waals surface area contributed by atoms with Crippen molar-refractivity contribution >= 4 is 11.4 Å². The monoisotopic (exact) mass is 333 g/mol. The first-order chi connectivity index (χ1) is 11.9. The zero-order valence-corrected chi connectivity index (χ0v) is 14.2. The van der Waals surface area contributed by atoms with Gasteiger partial charge in [0, 0.05) is 22.1 Å². The maximum Gasteiger partial charge on any atom is 0.193 e. The van der Waals surface area contributed by atoms with Crippen molar-refractivity contribution < 1.29 is 13.9 Å². The number of carbonyl (C=O) groups is 1. The zero-order chi connectivity index (χ0) is 17.9. The molecule has 0 amide bonds. The molecule has 0 unspecified atom stereocenters. The summed E-state index contributed by atoms with van der Waals surface area (Å²) in [5, 5.41) is 9.08.